The van der Waals surface area contributed by atoms with Crippen molar-refractivity contribution in [3.05, 3.63) is 30.9 Å². The van der Waals surface area contributed by atoms with Gasteiger partial charge in [-0.1, -0.05) is 18.9 Å². The molecular weight excluding hydrogens is 88.1 g/mol. The minimum atomic E-state index is 0.649. The highest BCUT2D eigenvalue weighted by molar-refractivity contribution is 4.79. The van der Waals surface area contributed by atoms with E-state index >= 15 is 0 Å². The summed E-state index contributed by atoms with van der Waals surface area (Å²) in [5.74, 6) is 0.649. The van der Waals surface area contributed by atoms with E-state index in [1.54, 1.807) is 6.92 Å². The zero-order chi connectivity index (χ0) is 5.70. The number of allylic oxidation sites excluding steroid dienone is 1. The highest BCUT2D eigenvalue weighted by Crippen LogP contribution is 1.87. The molecule has 0 atom stereocenters. The maximum Gasteiger partial charge on any atom is 0.132 e. The third kappa shape index (κ3) is 5.06. The fourth-order valence-electron chi connectivity index (χ4n) is 0.142. The lowest BCUT2D eigenvalue weighted by molar-refractivity contribution is 0.356. The molecule has 1 heteroatoms. The molecule has 7 heavy (non-hydrogen) atoms. The van der Waals surface area contributed by atoms with E-state index in [4.69, 9.17) is 4.74 Å². The van der Waals surface area contributed by atoms with Crippen molar-refractivity contribution in [3.63, 3.8) is 0 Å². The average molecular weight is 96.1 g/mol. The van der Waals surface area contributed by atoms with Gasteiger partial charge in [0.1, 0.15) is 6.26 Å². The first kappa shape index (κ1) is 6.06. The summed E-state index contributed by atoms with van der Waals surface area (Å²) in [7, 11) is 0. The smallest absolute Gasteiger partial charge is 0.132 e. The topological polar surface area (TPSA) is 9.23 Å². The second-order valence-electron chi connectivity index (χ2n) is 1.14. The number of ether oxygens (including phenoxy) is 1. The van der Waals surface area contributed by atoms with Gasteiger partial charge in [0, 0.05) is 0 Å². The molecule has 38 valence electrons. The molecular formula is C6H8O. The summed E-state index contributed by atoms with van der Waals surface area (Å²) in [6, 6.07) is 0. The Bertz CT molecular complexity index is 107. The maximum absolute atomic E-state index is 4.70. The molecule has 1 nitrogen and oxygen atoms in total. The van der Waals surface area contributed by atoms with Gasteiger partial charge < -0.3 is 4.74 Å². The van der Waals surface area contributed by atoms with Crippen LogP contribution in [0.2, 0.25) is 0 Å². The van der Waals surface area contributed by atoms with Gasteiger partial charge in [0.25, 0.3) is 0 Å². The summed E-state index contributed by atoms with van der Waals surface area (Å²) < 4.78 is 4.70. The highest BCUT2D eigenvalue weighted by Gasteiger charge is 1.70. The molecule has 0 aromatic carbocycles. The second kappa shape index (κ2) is 3.26. The largest absolute Gasteiger partial charge is 0.462 e. The van der Waals surface area contributed by atoms with Crippen LogP contribution in [0.5, 0.6) is 0 Å². The lowest BCUT2D eigenvalue weighted by Gasteiger charge is -1.89. The molecule has 0 heterocycles. The van der Waals surface area contributed by atoms with Crippen LogP contribution in [0.3, 0.4) is 0 Å². The Labute approximate surface area is 43.6 Å². The summed E-state index contributed by atoms with van der Waals surface area (Å²) in [6.07, 6.45) is 1.36. The molecule has 0 amide bonds. The van der Waals surface area contributed by atoms with Crippen LogP contribution in [-0.4, -0.2) is 0 Å². The lowest BCUT2D eigenvalue weighted by Crippen LogP contribution is -1.69. The molecule has 0 radical (unpaired) electrons. The molecule has 0 unspecified atom stereocenters. The SMILES string of the molecule is C=C=COC(=C)C. The average Bonchev–Trinajstić information content (AvgIpc) is 1.61. The van der Waals surface area contributed by atoms with Crippen LogP contribution >= 0.6 is 0 Å². The van der Waals surface area contributed by atoms with Crippen molar-refractivity contribution in [2.24, 2.45) is 0 Å². The number of hydrogen-bond donors (Lipinski definition) is 0. The monoisotopic (exact) mass is 96.1 g/mol. The Hall–Kier alpha value is -0.940. The molecule has 0 saturated heterocycles. The molecule has 0 rings (SSSR count). The maximum atomic E-state index is 4.70. The summed E-state index contributed by atoms with van der Waals surface area (Å²) in [4.78, 5) is 0. The molecule has 0 aromatic heterocycles. The van der Waals surface area contributed by atoms with Gasteiger partial charge in [-0.3, -0.25) is 0 Å². The summed E-state index contributed by atoms with van der Waals surface area (Å²) in [5, 5.41) is 0. The van der Waals surface area contributed by atoms with Crippen molar-refractivity contribution in [1.82, 2.24) is 0 Å². The minimum Gasteiger partial charge on any atom is -0.462 e. The van der Waals surface area contributed by atoms with Crippen LogP contribution < -0.4 is 0 Å². The molecule has 0 saturated carbocycles. The van der Waals surface area contributed by atoms with Crippen molar-refractivity contribution in [2.75, 3.05) is 0 Å². The van der Waals surface area contributed by atoms with E-state index in [-0.39, 0.29) is 0 Å². The van der Waals surface area contributed by atoms with Crippen LogP contribution in [0.15, 0.2) is 30.9 Å². The third-order valence-electron chi connectivity index (χ3n) is 0.343. The van der Waals surface area contributed by atoms with Gasteiger partial charge in [-0.15, -0.1) is 0 Å². The quantitative estimate of drug-likeness (QED) is 0.376. The first-order chi connectivity index (χ1) is 3.27. The van der Waals surface area contributed by atoms with E-state index in [1.807, 2.05) is 0 Å². The molecule has 0 N–H and O–H groups in total. The first-order valence-electron chi connectivity index (χ1n) is 1.94. The van der Waals surface area contributed by atoms with E-state index < -0.39 is 0 Å². The lowest BCUT2D eigenvalue weighted by atomic mass is 10.7. The predicted octanol–water partition coefficient (Wildman–Crippen LogP) is 1.84. The van der Waals surface area contributed by atoms with E-state index in [9.17, 15) is 0 Å². The van der Waals surface area contributed by atoms with Gasteiger partial charge in [-0.2, -0.15) is 0 Å². The summed E-state index contributed by atoms with van der Waals surface area (Å²) >= 11 is 0. The van der Waals surface area contributed by atoms with E-state index in [2.05, 4.69) is 18.9 Å². The molecule has 0 aromatic rings. The number of hydrogen-bond acceptors (Lipinski definition) is 1. The third-order valence-corrected chi connectivity index (χ3v) is 0.343. The van der Waals surface area contributed by atoms with Gasteiger partial charge >= 0.3 is 0 Å². The summed E-state index contributed by atoms with van der Waals surface area (Å²) in [5.41, 5.74) is 2.44. The Morgan fingerprint density at radius 3 is 2.57 bits per heavy atom. The molecule has 0 aliphatic heterocycles. The minimum absolute atomic E-state index is 0.649. The van der Waals surface area contributed by atoms with Gasteiger partial charge in [0.05, 0.1) is 5.76 Å². The van der Waals surface area contributed by atoms with Crippen LogP contribution in [0.1, 0.15) is 6.92 Å². The zero-order valence-electron chi connectivity index (χ0n) is 4.40. The fraction of sp³-hybridized carbons (Fsp3) is 0.167. The first-order valence-corrected chi connectivity index (χ1v) is 1.94. The van der Waals surface area contributed by atoms with E-state index in [1.165, 1.54) is 6.26 Å². The summed E-state index contributed by atoms with van der Waals surface area (Å²) in [6.45, 7) is 8.52. The Morgan fingerprint density at radius 1 is 1.86 bits per heavy atom. The van der Waals surface area contributed by atoms with Crippen LogP contribution in [0, 0.1) is 0 Å². The van der Waals surface area contributed by atoms with Gasteiger partial charge in [0.2, 0.25) is 0 Å². The molecule has 0 aliphatic carbocycles. The molecule has 0 aliphatic rings. The number of rotatable bonds is 2. The Morgan fingerprint density at radius 2 is 2.43 bits per heavy atom. The van der Waals surface area contributed by atoms with Gasteiger partial charge in [-0.05, 0) is 6.92 Å². The van der Waals surface area contributed by atoms with E-state index in [0.717, 1.165) is 0 Å². The van der Waals surface area contributed by atoms with Crippen molar-refractivity contribution in [1.29, 1.82) is 0 Å². The Kier molecular flexibility index (Phi) is 2.82. The fourth-order valence-corrected chi connectivity index (χ4v) is 0.142. The van der Waals surface area contributed by atoms with Crippen LogP contribution in [0.4, 0.5) is 0 Å². The highest BCUT2D eigenvalue weighted by atomic mass is 16.5. The van der Waals surface area contributed by atoms with Crippen molar-refractivity contribution in [3.8, 4) is 0 Å². The zero-order valence-corrected chi connectivity index (χ0v) is 4.40. The standard InChI is InChI=1S/C6H8O/c1-4-5-7-6(2)3/h5H,1-2H2,3H3. The molecule has 0 bridgehead atoms. The molecule has 0 fully saturated rings. The predicted molar refractivity (Wildman–Crippen MR) is 29.6 cm³/mol. The Balaban J connectivity index is 3.32. The van der Waals surface area contributed by atoms with Crippen molar-refractivity contribution < 1.29 is 4.74 Å². The normalized spacial score (nSPS) is 6.43. The molecule has 0 spiro atoms. The van der Waals surface area contributed by atoms with Gasteiger partial charge in [-0.25, -0.2) is 0 Å². The van der Waals surface area contributed by atoms with Crippen LogP contribution in [-0.2, 0) is 4.74 Å². The van der Waals surface area contributed by atoms with Gasteiger partial charge in [0.15, 0.2) is 0 Å². The van der Waals surface area contributed by atoms with Crippen LogP contribution in [0.25, 0.3) is 0 Å². The van der Waals surface area contributed by atoms with Crippen molar-refractivity contribution in [2.45, 2.75) is 6.92 Å². The van der Waals surface area contributed by atoms with E-state index in [0.29, 0.717) is 5.76 Å². The van der Waals surface area contributed by atoms with Crippen molar-refractivity contribution >= 4 is 0 Å². The second-order valence-corrected chi connectivity index (χ2v) is 1.14.